The van der Waals surface area contributed by atoms with Crippen molar-refractivity contribution in [1.82, 2.24) is 0 Å². The van der Waals surface area contributed by atoms with Crippen molar-refractivity contribution in [3.05, 3.63) is 83.2 Å². The maximum Gasteiger partial charge on any atom is 0.131 e. The van der Waals surface area contributed by atoms with Crippen LogP contribution < -0.4 is 0 Å². The maximum absolute atomic E-state index is 13.9. The molecule has 0 heterocycles. The highest BCUT2D eigenvalue weighted by molar-refractivity contribution is 9.09. The van der Waals surface area contributed by atoms with Crippen LogP contribution in [0, 0.1) is 17.5 Å². The third kappa shape index (κ3) is 2.56. The standard InChI is InChI=1S/C17H10BrF3/c18-17(14-9-10(19)5-7-16(14)21)13-6-8-15(20)12-4-2-1-3-11(12)13/h1-9,17H. The van der Waals surface area contributed by atoms with Gasteiger partial charge in [-0.05, 0) is 35.2 Å². The van der Waals surface area contributed by atoms with E-state index in [1.165, 1.54) is 6.07 Å². The van der Waals surface area contributed by atoms with E-state index < -0.39 is 16.5 Å². The van der Waals surface area contributed by atoms with Gasteiger partial charge in [0.05, 0.1) is 4.83 Å². The fraction of sp³-hybridized carbons (Fsp3) is 0.0588. The predicted octanol–water partition coefficient (Wildman–Crippen LogP) is 5.74. The van der Waals surface area contributed by atoms with E-state index in [2.05, 4.69) is 15.9 Å². The fourth-order valence-electron chi connectivity index (χ4n) is 2.38. The van der Waals surface area contributed by atoms with Crippen molar-refractivity contribution in [2.75, 3.05) is 0 Å². The molecule has 106 valence electrons. The summed E-state index contributed by atoms with van der Waals surface area (Å²) >= 11 is 3.40. The zero-order valence-electron chi connectivity index (χ0n) is 10.8. The van der Waals surface area contributed by atoms with Crippen LogP contribution in [-0.4, -0.2) is 0 Å². The Kier molecular flexibility index (Phi) is 3.72. The fourth-order valence-corrected chi connectivity index (χ4v) is 3.13. The first-order valence-corrected chi connectivity index (χ1v) is 7.25. The van der Waals surface area contributed by atoms with Crippen LogP contribution >= 0.6 is 15.9 Å². The lowest BCUT2D eigenvalue weighted by Crippen LogP contribution is -1.99. The molecule has 4 heteroatoms. The number of alkyl halides is 1. The van der Waals surface area contributed by atoms with Crippen molar-refractivity contribution in [2.45, 2.75) is 4.83 Å². The van der Waals surface area contributed by atoms with E-state index in [0.717, 1.165) is 18.2 Å². The summed E-state index contributed by atoms with van der Waals surface area (Å²) in [6, 6.07) is 13.2. The Morgan fingerprint density at radius 1 is 0.714 bits per heavy atom. The zero-order valence-corrected chi connectivity index (χ0v) is 12.4. The summed E-state index contributed by atoms with van der Waals surface area (Å²) in [5.74, 6) is -1.36. The Morgan fingerprint density at radius 2 is 1.38 bits per heavy atom. The van der Waals surface area contributed by atoms with Gasteiger partial charge in [-0.15, -0.1) is 0 Å². The second kappa shape index (κ2) is 5.53. The molecule has 0 fully saturated rings. The quantitative estimate of drug-likeness (QED) is 0.517. The van der Waals surface area contributed by atoms with Crippen molar-refractivity contribution in [3.8, 4) is 0 Å². The van der Waals surface area contributed by atoms with Gasteiger partial charge < -0.3 is 0 Å². The van der Waals surface area contributed by atoms with Crippen LogP contribution in [-0.2, 0) is 0 Å². The molecule has 1 unspecified atom stereocenters. The number of benzene rings is 3. The van der Waals surface area contributed by atoms with Gasteiger partial charge in [0.2, 0.25) is 0 Å². The molecule has 3 rings (SSSR count). The molecule has 0 saturated heterocycles. The van der Waals surface area contributed by atoms with E-state index in [-0.39, 0.29) is 11.4 Å². The Hall–Kier alpha value is -1.81. The molecule has 3 aromatic rings. The van der Waals surface area contributed by atoms with Crippen molar-refractivity contribution >= 4 is 26.7 Å². The predicted molar refractivity (Wildman–Crippen MR) is 81.0 cm³/mol. The normalized spacial score (nSPS) is 12.6. The van der Waals surface area contributed by atoms with E-state index in [9.17, 15) is 13.2 Å². The van der Waals surface area contributed by atoms with Gasteiger partial charge in [-0.2, -0.15) is 0 Å². The number of rotatable bonds is 2. The van der Waals surface area contributed by atoms with Crippen LogP contribution in [0.25, 0.3) is 10.8 Å². The van der Waals surface area contributed by atoms with Crippen molar-refractivity contribution in [1.29, 1.82) is 0 Å². The van der Waals surface area contributed by atoms with E-state index in [0.29, 0.717) is 16.3 Å². The lowest BCUT2D eigenvalue weighted by atomic mass is 9.97. The molecule has 0 saturated carbocycles. The summed E-state index contributed by atoms with van der Waals surface area (Å²) in [4.78, 5) is -0.557. The van der Waals surface area contributed by atoms with Crippen molar-refractivity contribution in [2.24, 2.45) is 0 Å². The number of halogens is 4. The molecule has 0 aliphatic rings. The molecular weight excluding hydrogens is 341 g/mol. The molecule has 0 N–H and O–H groups in total. The third-order valence-electron chi connectivity index (χ3n) is 3.41. The van der Waals surface area contributed by atoms with Gasteiger partial charge in [-0.25, -0.2) is 13.2 Å². The highest BCUT2D eigenvalue weighted by Crippen LogP contribution is 2.37. The first-order valence-electron chi connectivity index (χ1n) is 6.34. The van der Waals surface area contributed by atoms with Crippen LogP contribution in [0.4, 0.5) is 13.2 Å². The molecule has 0 spiro atoms. The molecular formula is C17H10BrF3. The molecule has 0 aliphatic carbocycles. The summed E-state index contributed by atoms with van der Waals surface area (Å²) < 4.78 is 41.1. The molecule has 0 radical (unpaired) electrons. The summed E-state index contributed by atoms with van der Waals surface area (Å²) in [7, 11) is 0. The SMILES string of the molecule is Fc1ccc(F)c(C(Br)c2ccc(F)c3ccccc23)c1. The minimum atomic E-state index is -0.557. The van der Waals surface area contributed by atoms with E-state index in [1.54, 1.807) is 30.3 Å². The topological polar surface area (TPSA) is 0 Å². The lowest BCUT2D eigenvalue weighted by Gasteiger charge is -2.15. The minimum absolute atomic E-state index is 0.187. The zero-order chi connectivity index (χ0) is 15.0. The van der Waals surface area contributed by atoms with Crippen molar-refractivity contribution < 1.29 is 13.2 Å². The van der Waals surface area contributed by atoms with Gasteiger partial charge in [-0.3, -0.25) is 0 Å². The van der Waals surface area contributed by atoms with Crippen LogP contribution in [0.15, 0.2) is 54.6 Å². The van der Waals surface area contributed by atoms with Gasteiger partial charge in [0.15, 0.2) is 0 Å². The molecule has 0 aliphatic heterocycles. The lowest BCUT2D eigenvalue weighted by molar-refractivity contribution is 0.588. The molecule has 21 heavy (non-hydrogen) atoms. The molecule has 0 bridgehead atoms. The Morgan fingerprint density at radius 3 is 2.14 bits per heavy atom. The van der Waals surface area contributed by atoms with E-state index in [4.69, 9.17) is 0 Å². The molecule has 0 amide bonds. The molecule has 0 aromatic heterocycles. The number of hydrogen-bond donors (Lipinski definition) is 0. The average molecular weight is 351 g/mol. The summed E-state index contributed by atoms with van der Waals surface area (Å²) in [6.07, 6.45) is 0. The second-order valence-electron chi connectivity index (χ2n) is 4.71. The summed E-state index contributed by atoms with van der Waals surface area (Å²) in [5, 5.41) is 1.12. The average Bonchev–Trinajstić information content (AvgIpc) is 2.50. The molecule has 3 aromatic carbocycles. The first kappa shape index (κ1) is 14.1. The maximum atomic E-state index is 13.9. The molecule has 0 nitrogen and oxygen atoms in total. The highest BCUT2D eigenvalue weighted by Gasteiger charge is 2.18. The largest absolute Gasteiger partial charge is 0.207 e. The first-order chi connectivity index (χ1) is 10.1. The second-order valence-corrected chi connectivity index (χ2v) is 5.63. The van der Waals surface area contributed by atoms with Crippen LogP contribution in [0.3, 0.4) is 0 Å². The Labute approximate surface area is 128 Å². The van der Waals surface area contributed by atoms with Crippen LogP contribution in [0.5, 0.6) is 0 Å². The molecule has 1 atom stereocenters. The number of hydrogen-bond acceptors (Lipinski definition) is 0. The summed E-state index contributed by atoms with van der Waals surface area (Å²) in [6.45, 7) is 0. The van der Waals surface area contributed by atoms with E-state index >= 15 is 0 Å². The minimum Gasteiger partial charge on any atom is -0.207 e. The third-order valence-corrected chi connectivity index (χ3v) is 4.40. The van der Waals surface area contributed by atoms with Gasteiger partial charge in [0.25, 0.3) is 0 Å². The number of fused-ring (bicyclic) bond motifs is 1. The monoisotopic (exact) mass is 350 g/mol. The van der Waals surface area contributed by atoms with E-state index in [1.807, 2.05) is 0 Å². The highest BCUT2D eigenvalue weighted by atomic mass is 79.9. The van der Waals surface area contributed by atoms with Gasteiger partial charge in [0.1, 0.15) is 17.5 Å². The Bertz CT molecular complexity index is 814. The summed E-state index contributed by atoms with van der Waals surface area (Å²) in [5.41, 5.74) is 0.878. The smallest absolute Gasteiger partial charge is 0.131 e. The van der Waals surface area contributed by atoms with Crippen molar-refractivity contribution in [3.63, 3.8) is 0 Å². The Balaban J connectivity index is 2.20. The van der Waals surface area contributed by atoms with Crippen LogP contribution in [0.1, 0.15) is 16.0 Å². The van der Waals surface area contributed by atoms with Gasteiger partial charge in [-0.1, -0.05) is 46.3 Å². The van der Waals surface area contributed by atoms with Gasteiger partial charge in [0, 0.05) is 10.9 Å². The van der Waals surface area contributed by atoms with Gasteiger partial charge >= 0.3 is 0 Å². The van der Waals surface area contributed by atoms with Crippen LogP contribution in [0.2, 0.25) is 0 Å².